The van der Waals surface area contributed by atoms with Crippen molar-refractivity contribution in [1.29, 1.82) is 0 Å². The van der Waals surface area contributed by atoms with Crippen LogP contribution in [-0.4, -0.2) is 74.2 Å². The molecule has 8 heteroatoms. The lowest BCUT2D eigenvalue weighted by Crippen LogP contribution is -2.62. The molecular weight excluding hydrogens is 451 g/mol. The molecule has 0 saturated carbocycles. The molecule has 1 aromatic carbocycles. The maximum absolute atomic E-state index is 13.7. The van der Waals surface area contributed by atoms with Gasteiger partial charge in [-0.2, -0.15) is 0 Å². The number of guanidine groups is 1. The smallest absolute Gasteiger partial charge is 0.191 e. The Morgan fingerprint density at radius 2 is 1.96 bits per heavy atom. The molecule has 2 N–H and O–H groups in total. The van der Waals surface area contributed by atoms with Crippen LogP contribution in [0, 0.1) is 11.6 Å². The summed E-state index contributed by atoms with van der Waals surface area (Å²) >= 11 is 0. The molecule has 0 amide bonds. The topological polar surface area (TPSA) is 42.9 Å². The zero-order valence-corrected chi connectivity index (χ0v) is 17.5. The van der Waals surface area contributed by atoms with E-state index < -0.39 is 5.82 Å². The number of halogens is 3. The molecule has 3 saturated heterocycles. The van der Waals surface area contributed by atoms with E-state index in [2.05, 4.69) is 25.4 Å². The SMILES string of the molecule is CCNC(=NCC1CN2CCN1CC2)NCCc1cc(F)ccc1F.I. The van der Waals surface area contributed by atoms with Gasteiger partial charge >= 0.3 is 0 Å². The fraction of sp³-hybridized carbons (Fsp3) is 0.611. The minimum absolute atomic E-state index is 0. The largest absolute Gasteiger partial charge is 0.357 e. The van der Waals surface area contributed by atoms with Crippen molar-refractivity contribution >= 4 is 29.9 Å². The van der Waals surface area contributed by atoms with Crippen molar-refractivity contribution in [2.75, 3.05) is 52.4 Å². The van der Waals surface area contributed by atoms with E-state index in [4.69, 9.17) is 0 Å². The van der Waals surface area contributed by atoms with Crippen LogP contribution in [0.2, 0.25) is 0 Å². The molecule has 3 aliphatic rings. The van der Waals surface area contributed by atoms with Crippen molar-refractivity contribution in [2.24, 2.45) is 4.99 Å². The van der Waals surface area contributed by atoms with Crippen molar-refractivity contribution in [2.45, 2.75) is 19.4 Å². The van der Waals surface area contributed by atoms with Crippen LogP contribution < -0.4 is 10.6 Å². The Kier molecular flexibility index (Phi) is 8.49. The van der Waals surface area contributed by atoms with Crippen LogP contribution in [0.3, 0.4) is 0 Å². The molecule has 1 aromatic rings. The van der Waals surface area contributed by atoms with Gasteiger partial charge in [0.15, 0.2) is 5.96 Å². The Bertz CT molecular complexity index is 605. The second kappa shape index (κ2) is 10.4. The lowest BCUT2D eigenvalue weighted by molar-refractivity contribution is 0.0174. The standard InChI is InChI=1S/C18H27F2N5.HI/c1-2-21-18(22-6-5-14-11-15(19)3-4-17(14)20)23-12-16-13-24-7-9-25(16)10-8-24;/h3-4,11,16H,2,5-10,12-13H2,1H3,(H2,21,22,23);1H. The molecule has 0 aromatic heterocycles. The van der Waals surface area contributed by atoms with Gasteiger partial charge in [0, 0.05) is 51.9 Å². The third-order valence-electron chi connectivity index (χ3n) is 4.89. The molecule has 2 bridgehead atoms. The third kappa shape index (κ3) is 5.75. The van der Waals surface area contributed by atoms with Gasteiger partial charge in [-0.3, -0.25) is 14.8 Å². The lowest BCUT2D eigenvalue weighted by atomic mass is 10.1. The van der Waals surface area contributed by atoms with E-state index in [1.165, 1.54) is 12.1 Å². The zero-order valence-electron chi connectivity index (χ0n) is 15.2. The van der Waals surface area contributed by atoms with E-state index in [1.807, 2.05) is 6.92 Å². The third-order valence-corrected chi connectivity index (χ3v) is 4.89. The predicted octanol–water partition coefficient (Wildman–Crippen LogP) is 1.68. The monoisotopic (exact) mass is 479 g/mol. The van der Waals surface area contributed by atoms with Gasteiger partial charge < -0.3 is 10.6 Å². The Morgan fingerprint density at radius 3 is 2.62 bits per heavy atom. The average Bonchev–Trinajstić information content (AvgIpc) is 2.63. The van der Waals surface area contributed by atoms with Gasteiger partial charge in [0.25, 0.3) is 0 Å². The Hall–Kier alpha value is -1.00. The molecule has 3 heterocycles. The van der Waals surface area contributed by atoms with Crippen LogP contribution in [0.15, 0.2) is 23.2 Å². The summed E-state index contributed by atoms with van der Waals surface area (Å²) in [5.74, 6) is -0.0458. The van der Waals surface area contributed by atoms with Crippen LogP contribution in [0.5, 0.6) is 0 Å². The van der Waals surface area contributed by atoms with Crippen LogP contribution in [0.25, 0.3) is 0 Å². The fourth-order valence-corrected chi connectivity index (χ4v) is 3.49. The number of hydrogen-bond donors (Lipinski definition) is 2. The van der Waals surface area contributed by atoms with Crippen LogP contribution in [-0.2, 0) is 6.42 Å². The number of nitrogens with one attached hydrogen (secondary N) is 2. The molecule has 0 spiro atoms. The van der Waals surface area contributed by atoms with Gasteiger partial charge in [-0.1, -0.05) is 0 Å². The molecule has 4 rings (SSSR count). The summed E-state index contributed by atoms with van der Waals surface area (Å²) in [4.78, 5) is 9.69. The van der Waals surface area contributed by atoms with Crippen LogP contribution >= 0.6 is 24.0 Å². The van der Waals surface area contributed by atoms with E-state index in [-0.39, 0.29) is 29.8 Å². The maximum Gasteiger partial charge on any atom is 0.191 e. The van der Waals surface area contributed by atoms with Crippen molar-refractivity contribution in [3.05, 3.63) is 35.4 Å². The minimum Gasteiger partial charge on any atom is -0.357 e. The van der Waals surface area contributed by atoms with Gasteiger partial charge in [0.1, 0.15) is 11.6 Å². The highest BCUT2D eigenvalue weighted by Gasteiger charge is 2.31. The highest BCUT2D eigenvalue weighted by molar-refractivity contribution is 14.0. The predicted molar refractivity (Wildman–Crippen MR) is 111 cm³/mol. The minimum atomic E-state index is -0.409. The maximum atomic E-state index is 13.7. The van der Waals surface area contributed by atoms with Gasteiger partial charge in [0.05, 0.1) is 6.54 Å². The molecule has 3 aliphatic heterocycles. The van der Waals surface area contributed by atoms with Gasteiger partial charge in [-0.25, -0.2) is 8.78 Å². The summed E-state index contributed by atoms with van der Waals surface area (Å²) in [6, 6.07) is 4.03. The molecule has 3 fully saturated rings. The first-order valence-electron chi connectivity index (χ1n) is 9.08. The van der Waals surface area contributed by atoms with Crippen molar-refractivity contribution in [3.8, 4) is 0 Å². The van der Waals surface area contributed by atoms with E-state index in [1.54, 1.807) is 0 Å². The van der Waals surface area contributed by atoms with Crippen molar-refractivity contribution < 1.29 is 8.78 Å². The number of piperazine rings is 3. The molecule has 0 radical (unpaired) electrons. The van der Waals surface area contributed by atoms with E-state index in [0.717, 1.165) is 57.8 Å². The van der Waals surface area contributed by atoms with Crippen molar-refractivity contribution in [1.82, 2.24) is 20.4 Å². The lowest BCUT2D eigenvalue weighted by Gasteiger charge is -2.47. The number of rotatable bonds is 6. The fourth-order valence-electron chi connectivity index (χ4n) is 3.49. The summed E-state index contributed by atoms with van der Waals surface area (Å²) in [5.41, 5.74) is 0.381. The zero-order chi connectivity index (χ0) is 17.6. The van der Waals surface area contributed by atoms with Crippen molar-refractivity contribution in [3.63, 3.8) is 0 Å². The molecule has 0 aliphatic carbocycles. The summed E-state index contributed by atoms with van der Waals surface area (Å²) in [7, 11) is 0. The molecule has 146 valence electrons. The number of benzene rings is 1. The summed E-state index contributed by atoms with van der Waals surface area (Å²) in [5, 5.41) is 6.43. The van der Waals surface area contributed by atoms with Crippen LogP contribution in [0.4, 0.5) is 8.78 Å². The van der Waals surface area contributed by atoms with Gasteiger partial charge in [-0.05, 0) is 37.1 Å². The molecule has 26 heavy (non-hydrogen) atoms. The van der Waals surface area contributed by atoms with Crippen LogP contribution in [0.1, 0.15) is 12.5 Å². The summed E-state index contributed by atoms with van der Waals surface area (Å²) in [6.07, 6.45) is 0.414. The van der Waals surface area contributed by atoms with E-state index >= 15 is 0 Å². The first kappa shape index (κ1) is 21.3. The normalized spacial score (nSPS) is 24.9. The Labute approximate surface area is 171 Å². The average molecular weight is 479 g/mol. The molecule has 1 unspecified atom stereocenters. The molecule has 5 nitrogen and oxygen atoms in total. The second-order valence-electron chi connectivity index (χ2n) is 6.62. The summed E-state index contributed by atoms with van der Waals surface area (Å²) in [6.45, 7) is 9.70. The Balaban J connectivity index is 0.00000243. The quantitative estimate of drug-likeness (QED) is 0.371. The van der Waals surface area contributed by atoms with Gasteiger partial charge in [-0.15, -0.1) is 24.0 Å². The highest BCUT2D eigenvalue weighted by atomic mass is 127. The van der Waals surface area contributed by atoms with E-state index in [0.29, 0.717) is 24.6 Å². The number of aliphatic imine (C=N–C) groups is 1. The summed E-state index contributed by atoms with van der Waals surface area (Å²) < 4.78 is 26.9. The highest BCUT2D eigenvalue weighted by Crippen LogP contribution is 2.15. The number of nitrogens with zero attached hydrogens (tertiary/aromatic N) is 3. The molecular formula is C18H28F2IN5. The van der Waals surface area contributed by atoms with E-state index in [9.17, 15) is 8.78 Å². The second-order valence-corrected chi connectivity index (χ2v) is 6.62. The first-order chi connectivity index (χ1) is 12.2. The van der Waals surface area contributed by atoms with Gasteiger partial charge in [0.2, 0.25) is 0 Å². The number of hydrogen-bond acceptors (Lipinski definition) is 3. The first-order valence-corrected chi connectivity index (χ1v) is 9.08. The number of fused-ring (bicyclic) bond motifs is 3. The Morgan fingerprint density at radius 1 is 1.19 bits per heavy atom. The molecule has 1 atom stereocenters.